The molecule has 92 valence electrons. The monoisotopic (exact) mass is 252 g/mol. The van der Waals surface area contributed by atoms with Crippen LogP contribution >= 0.6 is 11.3 Å². The van der Waals surface area contributed by atoms with Crippen molar-refractivity contribution < 1.29 is 0 Å². The van der Waals surface area contributed by atoms with Gasteiger partial charge in [-0.3, -0.25) is 10.3 Å². The molecule has 0 saturated heterocycles. The van der Waals surface area contributed by atoms with Crippen molar-refractivity contribution in [1.29, 1.82) is 5.26 Å². The Kier molecular flexibility index (Phi) is 5.99. The maximum Gasteiger partial charge on any atom is 0.204 e. The molecule has 6 nitrogen and oxygen atoms in total. The Morgan fingerprint density at radius 2 is 2.41 bits per heavy atom. The van der Waals surface area contributed by atoms with Crippen molar-refractivity contribution in [3.8, 4) is 6.19 Å². The predicted octanol–water partition coefficient (Wildman–Crippen LogP) is 0.187. The van der Waals surface area contributed by atoms with Crippen molar-refractivity contribution in [2.45, 2.75) is 13.5 Å². The van der Waals surface area contributed by atoms with E-state index in [2.05, 4.69) is 25.9 Å². The fourth-order valence-corrected chi connectivity index (χ4v) is 1.92. The summed E-state index contributed by atoms with van der Waals surface area (Å²) in [5, 5.41) is 20.2. The Balaban J connectivity index is 2.11. The zero-order chi connectivity index (χ0) is 12.5. The molecule has 0 bridgehead atoms. The largest absolute Gasteiger partial charge is 0.354 e. The van der Waals surface area contributed by atoms with Crippen molar-refractivity contribution in [2.75, 3.05) is 20.1 Å². The van der Waals surface area contributed by atoms with E-state index in [1.807, 2.05) is 18.5 Å². The zero-order valence-corrected chi connectivity index (χ0v) is 10.8. The van der Waals surface area contributed by atoms with E-state index in [9.17, 15) is 0 Å². The van der Waals surface area contributed by atoms with E-state index in [0.717, 1.165) is 23.8 Å². The highest BCUT2D eigenvalue weighted by Crippen LogP contribution is 2.07. The van der Waals surface area contributed by atoms with Gasteiger partial charge < -0.3 is 10.6 Å². The van der Waals surface area contributed by atoms with Gasteiger partial charge in [-0.15, -0.1) is 11.3 Å². The topological polar surface area (TPSA) is 85.1 Å². The molecular weight excluding hydrogens is 236 g/mol. The molecular formula is C10H16N6S. The molecule has 0 radical (unpaired) electrons. The van der Waals surface area contributed by atoms with E-state index < -0.39 is 0 Å². The number of aliphatic imine (C=N–C) groups is 1. The van der Waals surface area contributed by atoms with Crippen LogP contribution < -0.4 is 16.0 Å². The van der Waals surface area contributed by atoms with Crippen LogP contribution in [0.2, 0.25) is 0 Å². The van der Waals surface area contributed by atoms with Crippen LogP contribution in [0.25, 0.3) is 0 Å². The third-order valence-corrected chi connectivity index (χ3v) is 2.90. The van der Waals surface area contributed by atoms with Crippen molar-refractivity contribution in [1.82, 2.24) is 20.9 Å². The van der Waals surface area contributed by atoms with E-state index in [-0.39, 0.29) is 0 Å². The minimum Gasteiger partial charge on any atom is -0.354 e. The number of nitrogens with zero attached hydrogens (tertiary/aromatic N) is 3. The maximum absolute atomic E-state index is 8.42. The van der Waals surface area contributed by atoms with Gasteiger partial charge in [-0.2, -0.15) is 5.26 Å². The quantitative estimate of drug-likeness (QED) is 0.229. The molecule has 0 aromatic carbocycles. The second-order valence-electron chi connectivity index (χ2n) is 3.30. The molecule has 1 aromatic heterocycles. The summed E-state index contributed by atoms with van der Waals surface area (Å²) >= 11 is 1.65. The lowest BCUT2D eigenvalue weighted by Gasteiger charge is -2.07. The summed E-state index contributed by atoms with van der Waals surface area (Å²) in [6.07, 6.45) is 1.82. The van der Waals surface area contributed by atoms with Crippen LogP contribution in [0.1, 0.15) is 10.7 Å². The van der Waals surface area contributed by atoms with Crippen molar-refractivity contribution in [3.63, 3.8) is 0 Å². The Morgan fingerprint density at radius 3 is 3.00 bits per heavy atom. The third kappa shape index (κ3) is 5.29. The average molecular weight is 252 g/mol. The van der Waals surface area contributed by atoms with Gasteiger partial charge in [0.05, 0.1) is 0 Å². The van der Waals surface area contributed by atoms with Gasteiger partial charge in [0.25, 0.3) is 0 Å². The molecule has 3 N–H and O–H groups in total. The van der Waals surface area contributed by atoms with Crippen LogP contribution in [0.5, 0.6) is 0 Å². The molecule has 0 aliphatic rings. The van der Waals surface area contributed by atoms with Gasteiger partial charge in [-0.25, -0.2) is 4.98 Å². The van der Waals surface area contributed by atoms with Gasteiger partial charge >= 0.3 is 0 Å². The molecule has 17 heavy (non-hydrogen) atoms. The standard InChI is InChI=1S/C10H16N6S/c1-8-6-17-9(16-8)5-13-3-4-14-10(12-2)15-7-11/h6,13H,3-5H2,1-2H3,(H2,12,14,15). The summed E-state index contributed by atoms with van der Waals surface area (Å²) in [4.78, 5) is 8.22. The van der Waals surface area contributed by atoms with Gasteiger partial charge in [-0.1, -0.05) is 0 Å². The summed E-state index contributed by atoms with van der Waals surface area (Å²) in [6, 6.07) is 0. The van der Waals surface area contributed by atoms with Gasteiger partial charge in [0.15, 0.2) is 6.19 Å². The Labute approximate surface area is 105 Å². The molecule has 0 fully saturated rings. The highest BCUT2D eigenvalue weighted by atomic mass is 32.1. The van der Waals surface area contributed by atoms with E-state index >= 15 is 0 Å². The van der Waals surface area contributed by atoms with Gasteiger partial charge in [0.1, 0.15) is 5.01 Å². The molecule has 7 heteroatoms. The minimum atomic E-state index is 0.486. The number of nitrogens with one attached hydrogen (secondary N) is 3. The average Bonchev–Trinajstić information content (AvgIpc) is 2.73. The van der Waals surface area contributed by atoms with Crippen LogP contribution in [0.3, 0.4) is 0 Å². The number of rotatable bonds is 5. The van der Waals surface area contributed by atoms with Crippen molar-refractivity contribution in [2.24, 2.45) is 4.99 Å². The Hall–Kier alpha value is -1.65. The summed E-state index contributed by atoms with van der Waals surface area (Å²) in [6.45, 7) is 4.24. The minimum absolute atomic E-state index is 0.486. The molecule has 1 heterocycles. The first-order valence-corrected chi connectivity index (χ1v) is 6.11. The maximum atomic E-state index is 8.42. The zero-order valence-electron chi connectivity index (χ0n) is 9.95. The van der Waals surface area contributed by atoms with Gasteiger partial charge in [-0.05, 0) is 6.92 Å². The third-order valence-electron chi connectivity index (χ3n) is 1.93. The molecule has 0 saturated carbocycles. The van der Waals surface area contributed by atoms with E-state index in [1.54, 1.807) is 18.4 Å². The summed E-state index contributed by atoms with van der Waals surface area (Å²) in [7, 11) is 1.62. The highest BCUT2D eigenvalue weighted by Gasteiger charge is 1.98. The summed E-state index contributed by atoms with van der Waals surface area (Å²) < 4.78 is 0. The van der Waals surface area contributed by atoms with E-state index in [4.69, 9.17) is 5.26 Å². The van der Waals surface area contributed by atoms with Gasteiger partial charge in [0.2, 0.25) is 5.96 Å². The van der Waals surface area contributed by atoms with Crippen molar-refractivity contribution >= 4 is 17.3 Å². The Bertz CT molecular complexity index is 405. The lowest BCUT2D eigenvalue weighted by Crippen LogP contribution is -2.38. The SMILES string of the molecule is CN=C(NC#N)NCCNCc1nc(C)cs1. The predicted molar refractivity (Wildman–Crippen MR) is 68.7 cm³/mol. The molecule has 0 spiro atoms. The fraction of sp³-hybridized carbons (Fsp3) is 0.500. The number of hydrogen-bond acceptors (Lipinski definition) is 5. The molecule has 0 atom stereocenters. The van der Waals surface area contributed by atoms with Crippen LogP contribution in [0.15, 0.2) is 10.4 Å². The number of guanidine groups is 1. The van der Waals surface area contributed by atoms with Crippen molar-refractivity contribution in [3.05, 3.63) is 16.1 Å². The lowest BCUT2D eigenvalue weighted by atomic mass is 10.5. The normalized spacial score (nSPS) is 11.0. The van der Waals surface area contributed by atoms with Crippen LogP contribution in [-0.4, -0.2) is 31.1 Å². The van der Waals surface area contributed by atoms with E-state index in [1.165, 1.54) is 0 Å². The number of aryl methyl sites for hydroxylation is 1. The number of thiazole rings is 1. The molecule has 1 rings (SSSR count). The number of aromatic nitrogens is 1. The second kappa shape index (κ2) is 7.60. The molecule has 0 aliphatic carbocycles. The van der Waals surface area contributed by atoms with Crippen LogP contribution in [0, 0.1) is 18.4 Å². The summed E-state index contributed by atoms with van der Waals surface area (Å²) in [5.41, 5.74) is 1.06. The molecule has 0 aliphatic heterocycles. The second-order valence-corrected chi connectivity index (χ2v) is 4.24. The molecule has 0 amide bonds. The first-order valence-electron chi connectivity index (χ1n) is 5.23. The number of hydrogen-bond donors (Lipinski definition) is 3. The first kappa shape index (κ1) is 13.4. The molecule has 1 aromatic rings. The van der Waals surface area contributed by atoms with Gasteiger partial charge in [0, 0.05) is 37.8 Å². The lowest BCUT2D eigenvalue weighted by molar-refractivity contribution is 0.665. The Morgan fingerprint density at radius 1 is 1.59 bits per heavy atom. The first-order chi connectivity index (χ1) is 8.26. The fourth-order valence-electron chi connectivity index (χ4n) is 1.18. The van der Waals surface area contributed by atoms with Crippen LogP contribution in [-0.2, 0) is 6.54 Å². The molecule has 0 unspecified atom stereocenters. The highest BCUT2D eigenvalue weighted by molar-refractivity contribution is 7.09. The smallest absolute Gasteiger partial charge is 0.204 e. The van der Waals surface area contributed by atoms with Crippen LogP contribution in [0.4, 0.5) is 0 Å². The summed E-state index contributed by atoms with van der Waals surface area (Å²) in [5.74, 6) is 0.486. The number of nitriles is 1. The van der Waals surface area contributed by atoms with E-state index in [0.29, 0.717) is 12.5 Å².